The van der Waals surface area contributed by atoms with Gasteiger partial charge in [0.25, 0.3) is 0 Å². The molecule has 0 radical (unpaired) electrons. The molecule has 2 aromatic rings. The van der Waals surface area contributed by atoms with Crippen LogP contribution in [0.3, 0.4) is 0 Å². The van der Waals surface area contributed by atoms with Crippen molar-refractivity contribution in [1.29, 1.82) is 0 Å². The quantitative estimate of drug-likeness (QED) is 0.810. The molecular weight excluding hydrogens is 274 g/mol. The molecule has 0 amide bonds. The first-order valence-electron chi connectivity index (χ1n) is 7.91. The van der Waals surface area contributed by atoms with Gasteiger partial charge in [-0.15, -0.1) is 0 Å². The summed E-state index contributed by atoms with van der Waals surface area (Å²) in [4.78, 5) is 0. The molecule has 0 heterocycles. The van der Waals surface area contributed by atoms with E-state index in [1.54, 1.807) is 0 Å². The van der Waals surface area contributed by atoms with Crippen molar-refractivity contribution in [1.82, 2.24) is 0 Å². The van der Waals surface area contributed by atoms with Gasteiger partial charge in [-0.1, -0.05) is 30.3 Å². The summed E-state index contributed by atoms with van der Waals surface area (Å²) in [6, 6.07) is 16.3. The third-order valence-corrected chi connectivity index (χ3v) is 3.49. The predicted octanol–water partition coefficient (Wildman–Crippen LogP) is 3.60. The van der Waals surface area contributed by atoms with Gasteiger partial charge in [-0.2, -0.15) is 0 Å². The van der Waals surface area contributed by atoms with E-state index in [-0.39, 0.29) is 6.04 Å². The maximum absolute atomic E-state index is 6.31. The van der Waals surface area contributed by atoms with E-state index < -0.39 is 0 Å². The molecule has 2 N–H and O–H groups in total. The van der Waals surface area contributed by atoms with Crippen LogP contribution >= 0.6 is 0 Å². The molecule has 1 unspecified atom stereocenters. The average Bonchev–Trinajstić information content (AvgIpc) is 2.52. The molecule has 0 fully saturated rings. The highest BCUT2D eigenvalue weighted by atomic mass is 16.5. The van der Waals surface area contributed by atoms with Crippen molar-refractivity contribution >= 4 is 0 Å². The maximum Gasteiger partial charge on any atom is 0.122 e. The third-order valence-electron chi connectivity index (χ3n) is 3.49. The zero-order valence-electron chi connectivity index (χ0n) is 13.4. The highest BCUT2D eigenvalue weighted by Gasteiger charge is 2.09. The summed E-state index contributed by atoms with van der Waals surface area (Å²) in [5.41, 5.74) is 8.71. The van der Waals surface area contributed by atoms with E-state index in [9.17, 15) is 0 Å². The van der Waals surface area contributed by atoms with Gasteiger partial charge in [-0.05, 0) is 56.0 Å². The predicted molar refractivity (Wildman–Crippen MR) is 90.6 cm³/mol. The van der Waals surface area contributed by atoms with E-state index in [4.69, 9.17) is 15.2 Å². The maximum atomic E-state index is 6.31. The lowest BCUT2D eigenvalue weighted by molar-refractivity contribution is 0.335. The molecular formula is C19H25NO2. The van der Waals surface area contributed by atoms with Crippen LogP contribution in [0.2, 0.25) is 0 Å². The smallest absolute Gasteiger partial charge is 0.122 e. The second-order valence-electron chi connectivity index (χ2n) is 5.29. The number of rotatable bonds is 8. The Morgan fingerprint density at radius 3 is 2.23 bits per heavy atom. The van der Waals surface area contributed by atoms with E-state index in [2.05, 4.69) is 18.2 Å². The second-order valence-corrected chi connectivity index (χ2v) is 5.29. The molecule has 0 aliphatic rings. The third kappa shape index (κ3) is 4.78. The van der Waals surface area contributed by atoms with Crippen LogP contribution in [-0.4, -0.2) is 19.3 Å². The van der Waals surface area contributed by atoms with Gasteiger partial charge >= 0.3 is 0 Å². The summed E-state index contributed by atoms with van der Waals surface area (Å²) in [6.07, 6.45) is 1.65. The molecule has 0 saturated heterocycles. The van der Waals surface area contributed by atoms with Crippen LogP contribution < -0.4 is 15.2 Å². The summed E-state index contributed by atoms with van der Waals surface area (Å²) in [5, 5.41) is 0. The minimum Gasteiger partial charge on any atom is -0.494 e. The highest BCUT2D eigenvalue weighted by Crippen LogP contribution is 2.20. The lowest BCUT2D eigenvalue weighted by Gasteiger charge is -2.15. The van der Waals surface area contributed by atoms with Gasteiger partial charge in [0, 0.05) is 6.04 Å². The molecule has 118 valence electrons. The standard InChI is InChI=1S/C19H25NO2/c1-3-21-18-11-9-15(10-12-18)13-17(20)14-16-7-5-6-8-19(16)22-4-2/h5-12,17H,3-4,13-14,20H2,1-2H3. The van der Waals surface area contributed by atoms with Gasteiger partial charge in [0.05, 0.1) is 13.2 Å². The molecule has 1 atom stereocenters. The van der Waals surface area contributed by atoms with Crippen LogP contribution in [0, 0.1) is 0 Å². The van der Waals surface area contributed by atoms with E-state index in [1.165, 1.54) is 11.1 Å². The van der Waals surface area contributed by atoms with Gasteiger partial charge in [0.15, 0.2) is 0 Å². The molecule has 2 aromatic carbocycles. The molecule has 0 aromatic heterocycles. The van der Waals surface area contributed by atoms with Gasteiger partial charge in [-0.3, -0.25) is 0 Å². The average molecular weight is 299 g/mol. The minimum atomic E-state index is 0.0690. The molecule has 3 nitrogen and oxygen atoms in total. The van der Waals surface area contributed by atoms with Gasteiger partial charge in [0.1, 0.15) is 11.5 Å². The van der Waals surface area contributed by atoms with Crippen molar-refractivity contribution in [2.24, 2.45) is 5.73 Å². The Kier molecular flexibility index (Phi) is 6.28. The first-order chi connectivity index (χ1) is 10.7. The number of hydrogen-bond donors (Lipinski definition) is 1. The van der Waals surface area contributed by atoms with Crippen molar-refractivity contribution in [3.8, 4) is 11.5 Å². The molecule has 0 saturated carbocycles. The van der Waals surface area contributed by atoms with Crippen LogP contribution in [0.1, 0.15) is 25.0 Å². The fraction of sp³-hybridized carbons (Fsp3) is 0.368. The number of nitrogens with two attached hydrogens (primary N) is 1. The molecule has 22 heavy (non-hydrogen) atoms. The zero-order chi connectivity index (χ0) is 15.8. The van der Waals surface area contributed by atoms with Crippen LogP contribution in [-0.2, 0) is 12.8 Å². The first kappa shape index (κ1) is 16.4. The van der Waals surface area contributed by atoms with Crippen LogP contribution in [0.4, 0.5) is 0 Å². The fourth-order valence-electron chi connectivity index (χ4n) is 2.51. The molecule has 0 aliphatic heterocycles. The fourth-order valence-corrected chi connectivity index (χ4v) is 2.51. The summed E-state index contributed by atoms with van der Waals surface area (Å²) in [6.45, 7) is 5.34. The Morgan fingerprint density at radius 2 is 1.55 bits per heavy atom. The van der Waals surface area contributed by atoms with Crippen molar-refractivity contribution < 1.29 is 9.47 Å². The monoisotopic (exact) mass is 299 g/mol. The van der Waals surface area contributed by atoms with Gasteiger partial charge in [0.2, 0.25) is 0 Å². The lowest BCUT2D eigenvalue weighted by atomic mass is 9.99. The summed E-state index contributed by atoms with van der Waals surface area (Å²) in [5.74, 6) is 1.84. The topological polar surface area (TPSA) is 44.5 Å². The largest absolute Gasteiger partial charge is 0.494 e. The molecule has 2 rings (SSSR count). The Hall–Kier alpha value is -2.00. The van der Waals surface area contributed by atoms with Gasteiger partial charge < -0.3 is 15.2 Å². The van der Waals surface area contributed by atoms with Crippen molar-refractivity contribution in [3.05, 3.63) is 59.7 Å². The van der Waals surface area contributed by atoms with E-state index in [0.29, 0.717) is 13.2 Å². The first-order valence-corrected chi connectivity index (χ1v) is 7.91. The highest BCUT2D eigenvalue weighted by molar-refractivity contribution is 5.34. The number of hydrogen-bond acceptors (Lipinski definition) is 3. The molecule has 0 bridgehead atoms. The second kappa shape index (κ2) is 8.44. The van der Waals surface area contributed by atoms with Crippen LogP contribution in [0.5, 0.6) is 11.5 Å². The zero-order valence-corrected chi connectivity index (χ0v) is 13.4. The SMILES string of the molecule is CCOc1ccc(CC(N)Cc2ccccc2OCC)cc1. The van der Waals surface area contributed by atoms with Crippen LogP contribution in [0.15, 0.2) is 48.5 Å². The lowest BCUT2D eigenvalue weighted by Crippen LogP contribution is -2.25. The Balaban J connectivity index is 1.96. The summed E-state index contributed by atoms with van der Waals surface area (Å²) < 4.78 is 11.1. The summed E-state index contributed by atoms with van der Waals surface area (Å²) in [7, 11) is 0. The Bertz CT molecular complexity index is 566. The van der Waals surface area contributed by atoms with E-state index >= 15 is 0 Å². The van der Waals surface area contributed by atoms with Crippen molar-refractivity contribution in [2.75, 3.05) is 13.2 Å². The number of para-hydroxylation sites is 1. The van der Waals surface area contributed by atoms with Crippen molar-refractivity contribution in [3.63, 3.8) is 0 Å². The molecule has 0 aliphatic carbocycles. The van der Waals surface area contributed by atoms with Gasteiger partial charge in [-0.25, -0.2) is 0 Å². The van der Waals surface area contributed by atoms with E-state index in [1.807, 2.05) is 44.2 Å². The Morgan fingerprint density at radius 1 is 0.864 bits per heavy atom. The molecule has 0 spiro atoms. The summed E-state index contributed by atoms with van der Waals surface area (Å²) >= 11 is 0. The number of ether oxygens (including phenoxy) is 2. The van der Waals surface area contributed by atoms with E-state index in [0.717, 1.165) is 24.3 Å². The normalized spacial score (nSPS) is 12.0. The van der Waals surface area contributed by atoms with Crippen LogP contribution in [0.25, 0.3) is 0 Å². The number of benzene rings is 2. The minimum absolute atomic E-state index is 0.0690. The van der Waals surface area contributed by atoms with Crippen molar-refractivity contribution in [2.45, 2.75) is 32.7 Å². The Labute approximate surface area is 133 Å². The molecule has 3 heteroatoms.